The van der Waals surface area contributed by atoms with Gasteiger partial charge < -0.3 is 10.1 Å². The van der Waals surface area contributed by atoms with E-state index >= 15 is 0 Å². The highest BCUT2D eigenvalue weighted by atomic mass is 32.2. The minimum absolute atomic E-state index is 0.0532. The normalized spacial score (nSPS) is 11.3. The zero-order chi connectivity index (χ0) is 20.0. The quantitative estimate of drug-likeness (QED) is 0.725. The molecule has 1 N–H and O–H groups in total. The molecular formula is C18H19FN2O5S. The van der Waals surface area contributed by atoms with Crippen LogP contribution in [0.5, 0.6) is 0 Å². The van der Waals surface area contributed by atoms with Crippen LogP contribution in [-0.2, 0) is 24.3 Å². The minimum Gasteiger partial charge on any atom is -0.455 e. The molecule has 0 aromatic heterocycles. The van der Waals surface area contributed by atoms with Gasteiger partial charge in [-0.1, -0.05) is 17.7 Å². The minimum atomic E-state index is -3.85. The predicted octanol–water partition coefficient (Wildman–Crippen LogP) is 1.94. The van der Waals surface area contributed by atoms with E-state index in [1.54, 1.807) is 12.1 Å². The van der Waals surface area contributed by atoms with E-state index in [-0.39, 0.29) is 4.90 Å². The van der Waals surface area contributed by atoms with Gasteiger partial charge in [0.2, 0.25) is 10.0 Å². The summed E-state index contributed by atoms with van der Waals surface area (Å²) in [4.78, 5) is 23.6. The number of anilines is 1. The average Bonchev–Trinajstić information content (AvgIpc) is 2.62. The molecule has 0 radical (unpaired) electrons. The van der Waals surface area contributed by atoms with E-state index in [4.69, 9.17) is 4.74 Å². The lowest BCUT2D eigenvalue weighted by Crippen LogP contribution is -2.34. The Hall–Kier alpha value is -2.78. The van der Waals surface area contributed by atoms with Crippen molar-refractivity contribution in [1.29, 1.82) is 0 Å². The SMILES string of the molecule is Cc1ccc(S(=O)(=O)N(C)CC(=O)OCC(=O)Nc2ccc(F)cc2)cc1. The molecule has 9 heteroatoms. The van der Waals surface area contributed by atoms with Crippen LogP contribution in [0, 0.1) is 12.7 Å². The van der Waals surface area contributed by atoms with Crippen LogP contribution in [0.1, 0.15) is 5.56 Å². The van der Waals surface area contributed by atoms with Crippen molar-refractivity contribution >= 4 is 27.6 Å². The van der Waals surface area contributed by atoms with Crippen LogP contribution in [0.3, 0.4) is 0 Å². The van der Waals surface area contributed by atoms with Gasteiger partial charge in [-0.2, -0.15) is 4.31 Å². The van der Waals surface area contributed by atoms with E-state index in [0.717, 1.165) is 9.87 Å². The lowest BCUT2D eigenvalue weighted by atomic mass is 10.2. The number of amides is 1. The Morgan fingerprint density at radius 2 is 1.67 bits per heavy atom. The number of hydrogen-bond acceptors (Lipinski definition) is 5. The van der Waals surface area contributed by atoms with E-state index in [2.05, 4.69) is 5.32 Å². The largest absolute Gasteiger partial charge is 0.455 e. The summed E-state index contributed by atoms with van der Waals surface area (Å²) in [6.45, 7) is 0.698. The number of halogens is 1. The Bertz CT molecular complexity index is 912. The third-order valence-electron chi connectivity index (χ3n) is 3.57. The number of nitrogens with one attached hydrogen (secondary N) is 1. The van der Waals surface area contributed by atoms with Crippen molar-refractivity contribution in [1.82, 2.24) is 4.31 Å². The van der Waals surface area contributed by atoms with E-state index in [0.29, 0.717) is 5.69 Å². The molecule has 0 spiro atoms. The summed E-state index contributed by atoms with van der Waals surface area (Å²) in [5, 5.41) is 2.42. The molecule has 0 aliphatic rings. The van der Waals surface area contributed by atoms with Gasteiger partial charge in [-0.25, -0.2) is 12.8 Å². The monoisotopic (exact) mass is 394 g/mol. The van der Waals surface area contributed by atoms with Gasteiger partial charge in [0.1, 0.15) is 12.4 Å². The van der Waals surface area contributed by atoms with Crippen molar-refractivity contribution in [2.24, 2.45) is 0 Å². The maximum Gasteiger partial charge on any atom is 0.321 e. The molecule has 1 amide bonds. The van der Waals surface area contributed by atoms with Crippen molar-refractivity contribution in [2.45, 2.75) is 11.8 Å². The summed E-state index contributed by atoms with van der Waals surface area (Å²) in [6.07, 6.45) is 0. The number of sulfonamides is 1. The maximum atomic E-state index is 12.8. The van der Waals surface area contributed by atoms with Crippen LogP contribution in [-0.4, -0.2) is 44.8 Å². The number of likely N-dealkylation sites (N-methyl/N-ethyl adjacent to an activating group) is 1. The molecule has 0 unspecified atom stereocenters. The van der Waals surface area contributed by atoms with Gasteiger partial charge in [-0.05, 0) is 43.3 Å². The second-order valence-corrected chi connectivity index (χ2v) is 7.83. The lowest BCUT2D eigenvalue weighted by Gasteiger charge is -2.16. The summed E-state index contributed by atoms with van der Waals surface area (Å²) < 4.78 is 43.2. The first kappa shape index (κ1) is 20.5. The second-order valence-electron chi connectivity index (χ2n) is 5.79. The molecule has 144 valence electrons. The summed E-state index contributed by atoms with van der Waals surface area (Å²) in [5.74, 6) is -1.95. The van der Waals surface area contributed by atoms with Crippen LogP contribution in [0.2, 0.25) is 0 Å². The zero-order valence-electron chi connectivity index (χ0n) is 14.8. The Morgan fingerprint density at radius 1 is 1.07 bits per heavy atom. The Morgan fingerprint density at radius 3 is 2.26 bits per heavy atom. The van der Waals surface area contributed by atoms with E-state index in [9.17, 15) is 22.4 Å². The van der Waals surface area contributed by atoms with Crippen molar-refractivity contribution < 1.29 is 27.1 Å². The molecule has 0 saturated carbocycles. The fraction of sp³-hybridized carbons (Fsp3) is 0.222. The van der Waals surface area contributed by atoms with Gasteiger partial charge >= 0.3 is 5.97 Å². The van der Waals surface area contributed by atoms with Crippen LogP contribution >= 0.6 is 0 Å². The number of aryl methyl sites for hydroxylation is 1. The van der Waals surface area contributed by atoms with Crippen LogP contribution < -0.4 is 5.32 Å². The third kappa shape index (κ3) is 5.87. The molecule has 2 rings (SSSR count). The highest BCUT2D eigenvalue weighted by Gasteiger charge is 2.23. The van der Waals surface area contributed by atoms with Gasteiger partial charge in [0.15, 0.2) is 6.61 Å². The van der Waals surface area contributed by atoms with Gasteiger partial charge in [-0.3, -0.25) is 9.59 Å². The summed E-state index contributed by atoms with van der Waals surface area (Å²) in [7, 11) is -2.60. The number of esters is 1. The molecule has 0 atom stereocenters. The molecule has 0 heterocycles. The van der Waals surface area contributed by atoms with Gasteiger partial charge in [0.25, 0.3) is 5.91 Å². The lowest BCUT2D eigenvalue weighted by molar-refractivity contribution is -0.147. The predicted molar refractivity (Wildman–Crippen MR) is 97.0 cm³/mol. The van der Waals surface area contributed by atoms with E-state index in [1.165, 1.54) is 43.4 Å². The van der Waals surface area contributed by atoms with Gasteiger partial charge in [0, 0.05) is 12.7 Å². The third-order valence-corrected chi connectivity index (χ3v) is 5.39. The fourth-order valence-electron chi connectivity index (χ4n) is 2.08. The number of hydrogen-bond donors (Lipinski definition) is 1. The summed E-state index contributed by atoms with van der Waals surface area (Å²) in [6, 6.07) is 11.3. The van der Waals surface area contributed by atoms with Crippen molar-refractivity contribution in [3.8, 4) is 0 Å². The number of nitrogens with zero attached hydrogens (tertiary/aromatic N) is 1. The van der Waals surface area contributed by atoms with E-state index in [1.807, 2.05) is 6.92 Å². The van der Waals surface area contributed by atoms with Crippen LogP contribution in [0.15, 0.2) is 53.4 Å². The van der Waals surface area contributed by atoms with Crippen LogP contribution in [0.25, 0.3) is 0 Å². The number of benzene rings is 2. The highest BCUT2D eigenvalue weighted by Crippen LogP contribution is 2.15. The van der Waals surface area contributed by atoms with Gasteiger partial charge in [-0.15, -0.1) is 0 Å². The molecule has 2 aromatic carbocycles. The first-order valence-corrected chi connectivity index (χ1v) is 9.36. The number of carbonyl (C=O) groups is 2. The highest BCUT2D eigenvalue weighted by molar-refractivity contribution is 7.89. The molecule has 2 aromatic rings. The zero-order valence-corrected chi connectivity index (χ0v) is 15.6. The molecule has 0 aliphatic carbocycles. The molecule has 0 fully saturated rings. The molecule has 27 heavy (non-hydrogen) atoms. The molecular weight excluding hydrogens is 375 g/mol. The first-order valence-electron chi connectivity index (χ1n) is 7.92. The molecule has 0 saturated heterocycles. The second kappa shape index (κ2) is 8.74. The molecule has 7 nitrogen and oxygen atoms in total. The van der Waals surface area contributed by atoms with Crippen molar-refractivity contribution in [3.05, 3.63) is 59.9 Å². The van der Waals surface area contributed by atoms with Crippen molar-refractivity contribution in [3.63, 3.8) is 0 Å². The summed E-state index contributed by atoms with van der Waals surface area (Å²) >= 11 is 0. The topological polar surface area (TPSA) is 92.8 Å². The average molecular weight is 394 g/mol. The number of rotatable bonds is 7. The number of ether oxygens (including phenoxy) is 1. The Balaban J connectivity index is 1.86. The van der Waals surface area contributed by atoms with Crippen LogP contribution in [0.4, 0.5) is 10.1 Å². The smallest absolute Gasteiger partial charge is 0.321 e. The number of carbonyl (C=O) groups excluding carboxylic acids is 2. The fourth-order valence-corrected chi connectivity index (χ4v) is 3.19. The molecule has 0 aliphatic heterocycles. The maximum absolute atomic E-state index is 12.8. The summed E-state index contributed by atoms with van der Waals surface area (Å²) in [5.41, 5.74) is 1.25. The molecule has 0 bridgehead atoms. The van der Waals surface area contributed by atoms with E-state index < -0.39 is 40.9 Å². The Labute approximate surface area is 156 Å². The Kier molecular flexibility index (Phi) is 6.65. The first-order chi connectivity index (χ1) is 12.7. The standard InChI is InChI=1S/C18H19FN2O5S/c1-13-3-9-16(10-4-13)27(24,25)21(2)11-18(23)26-12-17(22)20-15-7-5-14(19)6-8-15/h3-10H,11-12H2,1-2H3,(H,20,22). The van der Waals surface area contributed by atoms with Gasteiger partial charge in [0.05, 0.1) is 4.90 Å². The van der Waals surface area contributed by atoms with Crippen molar-refractivity contribution in [2.75, 3.05) is 25.5 Å².